The number of carbonyl (C=O) groups excluding carboxylic acids is 2. The lowest BCUT2D eigenvalue weighted by atomic mass is 9.88. The highest BCUT2D eigenvalue weighted by molar-refractivity contribution is 14.1. The average molecular weight is 704 g/mol. The second kappa shape index (κ2) is 14.9. The summed E-state index contributed by atoms with van der Waals surface area (Å²) in [6.45, 7) is 3.58. The number of amides is 2. The zero-order valence-corrected chi connectivity index (χ0v) is 26.6. The number of fused-ring (bicyclic) bond motifs is 1. The predicted molar refractivity (Wildman–Crippen MR) is 172 cm³/mol. The van der Waals surface area contributed by atoms with Gasteiger partial charge < -0.3 is 40.0 Å². The van der Waals surface area contributed by atoms with Crippen LogP contribution in [0.4, 0.5) is 0 Å². The van der Waals surface area contributed by atoms with Crippen molar-refractivity contribution in [3.05, 3.63) is 80.6 Å². The highest BCUT2D eigenvalue weighted by atomic mass is 127. The molecule has 3 atom stereocenters. The van der Waals surface area contributed by atoms with Crippen LogP contribution in [0.1, 0.15) is 31.5 Å². The first-order chi connectivity index (χ1) is 20.6. The molecule has 1 heterocycles. The van der Waals surface area contributed by atoms with Crippen molar-refractivity contribution in [1.82, 2.24) is 15.2 Å². The minimum absolute atomic E-state index is 0.0596. The van der Waals surface area contributed by atoms with Gasteiger partial charge in [0, 0.05) is 48.8 Å². The molecule has 0 unspecified atom stereocenters. The molecule has 1 aliphatic carbocycles. The third kappa shape index (κ3) is 7.96. The van der Waals surface area contributed by atoms with Crippen LogP contribution in [0.25, 0.3) is 10.9 Å². The number of hydrogen-bond acceptors (Lipinski definition) is 7. The lowest BCUT2D eigenvalue weighted by molar-refractivity contribution is -0.133. The third-order valence-corrected chi connectivity index (χ3v) is 8.04. The standard InChI is InChI=1S/C32H38IN3O7/c1-19(2)12-29(39)36(10-8-23-15-21-6-4-5-7-25(21)35-23)26-16-22(32(41)34-9-11-37)17-27(30(26)40)43-31-24(33)13-20(18-38)14-28(31)42-3/h4-7,12-15,17,26-27,30,35,37-38,40H,8-11,16,18H2,1-3H3,(H,34,41)/t26-,27+,30+/m1/s1. The Morgan fingerprint density at radius 2 is 1.95 bits per heavy atom. The highest BCUT2D eigenvalue weighted by Gasteiger charge is 2.40. The van der Waals surface area contributed by atoms with Gasteiger partial charge in [-0.3, -0.25) is 9.59 Å². The van der Waals surface area contributed by atoms with Gasteiger partial charge in [-0.05, 0) is 77.7 Å². The smallest absolute Gasteiger partial charge is 0.247 e. The van der Waals surface area contributed by atoms with Crippen molar-refractivity contribution in [1.29, 1.82) is 0 Å². The molecule has 0 aliphatic heterocycles. The maximum Gasteiger partial charge on any atom is 0.247 e. The first-order valence-corrected chi connectivity index (χ1v) is 15.2. The van der Waals surface area contributed by atoms with E-state index in [0.717, 1.165) is 22.2 Å². The molecule has 4 rings (SSSR count). The van der Waals surface area contributed by atoms with Gasteiger partial charge in [-0.25, -0.2) is 0 Å². The van der Waals surface area contributed by atoms with Crippen LogP contribution >= 0.6 is 22.6 Å². The fraction of sp³-hybridized carbons (Fsp3) is 0.375. The van der Waals surface area contributed by atoms with Gasteiger partial charge in [0.1, 0.15) is 12.2 Å². The fourth-order valence-corrected chi connectivity index (χ4v) is 5.97. The van der Waals surface area contributed by atoms with Gasteiger partial charge in [-0.2, -0.15) is 0 Å². The molecule has 1 aliphatic rings. The van der Waals surface area contributed by atoms with E-state index in [0.29, 0.717) is 32.6 Å². The zero-order chi connectivity index (χ0) is 31.1. The Kier molecular flexibility index (Phi) is 11.2. The van der Waals surface area contributed by atoms with Crippen molar-refractivity contribution in [3.63, 3.8) is 0 Å². The van der Waals surface area contributed by atoms with E-state index in [9.17, 15) is 24.9 Å². The van der Waals surface area contributed by atoms with E-state index in [1.165, 1.54) is 13.2 Å². The van der Waals surface area contributed by atoms with E-state index in [1.54, 1.807) is 23.1 Å². The Labute approximate surface area is 264 Å². The summed E-state index contributed by atoms with van der Waals surface area (Å²) >= 11 is 2.07. The van der Waals surface area contributed by atoms with Gasteiger partial charge in [0.15, 0.2) is 11.5 Å². The zero-order valence-electron chi connectivity index (χ0n) is 24.5. The normalized spacial score (nSPS) is 18.1. The van der Waals surface area contributed by atoms with Crippen LogP contribution in [0.3, 0.4) is 0 Å². The molecule has 0 fully saturated rings. The Balaban J connectivity index is 1.70. The number of aliphatic hydroxyl groups is 3. The number of H-pyrrole nitrogens is 1. The van der Waals surface area contributed by atoms with E-state index < -0.39 is 24.2 Å². The molecule has 43 heavy (non-hydrogen) atoms. The van der Waals surface area contributed by atoms with Crippen LogP contribution in [-0.4, -0.2) is 82.1 Å². The number of nitrogens with one attached hydrogen (secondary N) is 2. The van der Waals surface area contributed by atoms with Gasteiger partial charge in [0.2, 0.25) is 11.8 Å². The van der Waals surface area contributed by atoms with Crippen LogP contribution in [-0.2, 0) is 22.6 Å². The van der Waals surface area contributed by atoms with E-state index in [4.69, 9.17) is 9.47 Å². The van der Waals surface area contributed by atoms with E-state index >= 15 is 0 Å². The van der Waals surface area contributed by atoms with E-state index in [2.05, 4.69) is 32.9 Å². The summed E-state index contributed by atoms with van der Waals surface area (Å²) < 4.78 is 12.5. The van der Waals surface area contributed by atoms with Crippen LogP contribution in [0, 0.1) is 3.57 Å². The Bertz CT molecular complexity index is 1480. The summed E-state index contributed by atoms with van der Waals surface area (Å²) in [5, 5.41) is 34.4. The number of ether oxygens (including phenoxy) is 2. The van der Waals surface area contributed by atoms with E-state index in [1.807, 2.05) is 44.2 Å². The fourth-order valence-electron chi connectivity index (χ4n) is 5.17. The van der Waals surface area contributed by atoms with Gasteiger partial charge in [0.05, 0.1) is 29.9 Å². The number of para-hydroxylation sites is 1. The third-order valence-electron chi connectivity index (χ3n) is 7.24. The number of nitrogens with zero attached hydrogens (tertiary/aromatic N) is 1. The van der Waals surface area contributed by atoms with Crippen LogP contribution in [0.15, 0.2) is 65.8 Å². The predicted octanol–water partition coefficient (Wildman–Crippen LogP) is 3.23. The van der Waals surface area contributed by atoms with Crippen molar-refractivity contribution >= 4 is 45.3 Å². The number of halogens is 1. The number of benzene rings is 2. The largest absolute Gasteiger partial charge is 0.493 e. The summed E-state index contributed by atoms with van der Waals surface area (Å²) in [5.41, 5.74) is 3.70. The monoisotopic (exact) mass is 703 g/mol. The molecule has 5 N–H and O–H groups in total. The molecule has 0 spiro atoms. The SMILES string of the molecule is COc1cc(CO)cc(I)c1O[C@H]1C=C(C(=O)NCCO)C[C@@H](N(CCc2cc3ccccc3[nH]2)C(=O)C=C(C)C)[C@@H]1O. The van der Waals surface area contributed by atoms with Crippen LogP contribution in [0.2, 0.25) is 0 Å². The van der Waals surface area contributed by atoms with Crippen LogP contribution in [0.5, 0.6) is 11.5 Å². The van der Waals surface area contributed by atoms with Crippen molar-refractivity contribution in [2.45, 2.75) is 51.5 Å². The molecule has 0 bridgehead atoms. The Morgan fingerprint density at radius 3 is 2.63 bits per heavy atom. The minimum atomic E-state index is -1.19. The Hall–Kier alpha value is -3.39. The number of aromatic nitrogens is 1. The highest BCUT2D eigenvalue weighted by Crippen LogP contribution is 2.37. The number of allylic oxidation sites excluding steroid dienone is 1. The molecule has 2 amide bonds. The number of aromatic amines is 1. The second-order valence-corrected chi connectivity index (χ2v) is 11.8. The first-order valence-electron chi connectivity index (χ1n) is 14.1. The summed E-state index contributed by atoms with van der Waals surface area (Å²) in [6, 6.07) is 12.6. The quantitative estimate of drug-likeness (QED) is 0.144. The van der Waals surface area contributed by atoms with Crippen molar-refractivity contribution in [2.24, 2.45) is 0 Å². The number of rotatable bonds is 12. The number of carbonyl (C=O) groups is 2. The summed E-state index contributed by atoms with van der Waals surface area (Å²) in [6.07, 6.45) is 1.47. The average Bonchev–Trinajstić information content (AvgIpc) is 3.40. The summed E-state index contributed by atoms with van der Waals surface area (Å²) in [7, 11) is 1.48. The van der Waals surface area contributed by atoms with Gasteiger partial charge in [-0.1, -0.05) is 23.8 Å². The summed E-state index contributed by atoms with van der Waals surface area (Å²) in [4.78, 5) is 31.7. The number of methoxy groups -OCH3 is 1. The minimum Gasteiger partial charge on any atom is -0.493 e. The lowest BCUT2D eigenvalue weighted by Gasteiger charge is -2.40. The maximum atomic E-state index is 13.6. The molecular weight excluding hydrogens is 665 g/mol. The molecule has 3 aromatic rings. The van der Waals surface area contributed by atoms with Gasteiger partial charge in [0.25, 0.3) is 0 Å². The second-order valence-electron chi connectivity index (χ2n) is 10.7. The van der Waals surface area contributed by atoms with Crippen molar-refractivity contribution < 1.29 is 34.4 Å². The molecule has 11 heteroatoms. The molecule has 0 radical (unpaired) electrons. The van der Waals surface area contributed by atoms with Crippen molar-refractivity contribution in [2.75, 3.05) is 26.8 Å². The molecule has 1 aromatic heterocycles. The lowest BCUT2D eigenvalue weighted by Crippen LogP contribution is -2.55. The number of hydrogen-bond donors (Lipinski definition) is 5. The number of aliphatic hydroxyl groups excluding tert-OH is 3. The first kappa shape index (κ1) is 32.5. The van der Waals surface area contributed by atoms with Crippen molar-refractivity contribution in [3.8, 4) is 11.5 Å². The molecule has 0 saturated carbocycles. The van der Waals surface area contributed by atoms with E-state index in [-0.39, 0.29) is 38.6 Å². The molecule has 2 aromatic carbocycles. The maximum absolute atomic E-state index is 13.6. The van der Waals surface area contributed by atoms with Gasteiger partial charge >= 0.3 is 0 Å². The molecule has 10 nitrogen and oxygen atoms in total. The van der Waals surface area contributed by atoms with Crippen LogP contribution < -0.4 is 14.8 Å². The molecule has 0 saturated heterocycles. The molecular formula is C32H38IN3O7. The Morgan fingerprint density at radius 1 is 1.19 bits per heavy atom. The summed E-state index contributed by atoms with van der Waals surface area (Å²) in [5.74, 6) is 0.00955. The molecule has 230 valence electrons. The van der Waals surface area contributed by atoms with Gasteiger partial charge in [-0.15, -0.1) is 0 Å². The topological polar surface area (TPSA) is 144 Å².